The van der Waals surface area contributed by atoms with Gasteiger partial charge in [-0.1, -0.05) is 0 Å². The van der Waals surface area contributed by atoms with Gasteiger partial charge in [0.25, 0.3) is 0 Å². The van der Waals surface area contributed by atoms with Crippen molar-refractivity contribution in [1.29, 1.82) is 0 Å². The molecule has 0 aliphatic carbocycles. The predicted octanol–water partition coefficient (Wildman–Crippen LogP) is 2.32. The monoisotopic (exact) mass is 340 g/mol. The third kappa shape index (κ3) is 2.22. The summed E-state index contributed by atoms with van der Waals surface area (Å²) in [4.78, 5) is 27.8. The molecule has 2 heterocycles. The SMILES string of the molecule is O=C1C2CCCN2C(=O)CCN1c1cc(F)ccc1Br. The number of anilines is 1. The Hall–Kier alpha value is -1.43. The van der Waals surface area contributed by atoms with E-state index in [1.165, 1.54) is 17.0 Å². The molecular weight excluding hydrogens is 327 g/mol. The number of benzene rings is 1. The van der Waals surface area contributed by atoms with Gasteiger partial charge in [0.05, 0.1) is 5.69 Å². The maximum atomic E-state index is 13.4. The summed E-state index contributed by atoms with van der Waals surface area (Å²) in [6.45, 7) is 0.945. The van der Waals surface area contributed by atoms with E-state index in [4.69, 9.17) is 0 Å². The van der Waals surface area contributed by atoms with E-state index in [0.717, 1.165) is 6.42 Å². The van der Waals surface area contributed by atoms with Gasteiger partial charge in [-0.2, -0.15) is 0 Å². The highest BCUT2D eigenvalue weighted by molar-refractivity contribution is 9.10. The molecule has 2 saturated heterocycles. The number of carbonyl (C=O) groups is 2. The van der Waals surface area contributed by atoms with Crippen molar-refractivity contribution in [2.45, 2.75) is 25.3 Å². The zero-order valence-electron chi connectivity index (χ0n) is 10.8. The zero-order valence-corrected chi connectivity index (χ0v) is 12.4. The van der Waals surface area contributed by atoms with Crippen LogP contribution in [0.25, 0.3) is 0 Å². The van der Waals surface area contributed by atoms with Gasteiger partial charge in [0.1, 0.15) is 11.9 Å². The number of fused-ring (bicyclic) bond motifs is 1. The molecule has 0 aromatic heterocycles. The lowest BCUT2D eigenvalue weighted by Gasteiger charge is -2.26. The highest BCUT2D eigenvalue weighted by atomic mass is 79.9. The fourth-order valence-electron chi connectivity index (χ4n) is 2.89. The van der Waals surface area contributed by atoms with Gasteiger partial charge in [-0.3, -0.25) is 9.59 Å². The first-order chi connectivity index (χ1) is 9.58. The van der Waals surface area contributed by atoms with Crippen molar-refractivity contribution < 1.29 is 14.0 Å². The Labute approximate surface area is 124 Å². The Morgan fingerprint density at radius 3 is 2.85 bits per heavy atom. The average Bonchev–Trinajstić information content (AvgIpc) is 2.87. The molecule has 1 aromatic rings. The van der Waals surface area contributed by atoms with E-state index in [9.17, 15) is 14.0 Å². The molecule has 1 unspecified atom stereocenters. The Morgan fingerprint density at radius 1 is 1.25 bits per heavy atom. The molecule has 20 heavy (non-hydrogen) atoms. The van der Waals surface area contributed by atoms with Crippen molar-refractivity contribution in [2.75, 3.05) is 18.0 Å². The highest BCUT2D eigenvalue weighted by Gasteiger charge is 2.40. The van der Waals surface area contributed by atoms with Crippen molar-refractivity contribution in [2.24, 2.45) is 0 Å². The van der Waals surface area contributed by atoms with Crippen LogP contribution >= 0.6 is 15.9 Å². The fraction of sp³-hybridized carbons (Fsp3) is 0.429. The molecule has 0 bridgehead atoms. The smallest absolute Gasteiger partial charge is 0.249 e. The Morgan fingerprint density at radius 2 is 2.05 bits per heavy atom. The molecule has 106 valence electrons. The molecule has 2 amide bonds. The van der Waals surface area contributed by atoms with Gasteiger partial charge in [0, 0.05) is 24.0 Å². The summed E-state index contributed by atoms with van der Waals surface area (Å²) >= 11 is 3.35. The number of amides is 2. The van der Waals surface area contributed by atoms with E-state index >= 15 is 0 Å². The molecule has 1 atom stereocenters. The van der Waals surface area contributed by atoms with Crippen LogP contribution in [0.15, 0.2) is 22.7 Å². The van der Waals surface area contributed by atoms with Gasteiger partial charge < -0.3 is 9.80 Å². The zero-order chi connectivity index (χ0) is 14.3. The summed E-state index contributed by atoms with van der Waals surface area (Å²) in [7, 11) is 0. The fourth-order valence-corrected chi connectivity index (χ4v) is 3.36. The number of carbonyl (C=O) groups excluding carboxylic acids is 2. The van der Waals surface area contributed by atoms with Gasteiger partial charge in [-0.15, -0.1) is 0 Å². The van der Waals surface area contributed by atoms with Crippen LogP contribution in [0.5, 0.6) is 0 Å². The van der Waals surface area contributed by atoms with Crippen LogP contribution in [0.3, 0.4) is 0 Å². The lowest BCUT2D eigenvalue weighted by Crippen LogP contribution is -2.43. The first-order valence-corrected chi connectivity index (χ1v) is 7.43. The van der Waals surface area contributed by atoms with Crippen molar-refractivity contribution in [3.63, 3.8) is 0 Å². The number of halogens is 2. The first kappa shape index (κ1) is 13.5. The first-order valence-electron chi connectivity index (χ1n) is 6.64. The van der Waals surface area contributed by atoms with Gasteiger partial charge in [-0.25, -0.2) is 4.39 Å². The van der Waals surface area contributed by atoms with Crippen molar-refractivity contribution >= 4 is 33.4 Å². The van der Waals surface area contributed by atoms with Crippen molar-refractivity contribution in [3.8, 4) is 0 Å². The minimum Gasteiger partial charge on any atom is -0.331 e. The molecule has 0 spiro atoms. The number of hydrogen-bond donors (Lipinski definition) is 0. The Bertz CT molecular complexity index is 578. The molecule has 0 radical (unpaired) electrons. The van der Waals surface area contributed by atoms with E-state index in [1.807, 2.05) is 0 Å². The lowest BCUT2D eigenvalue weighted by atomic mass is 10.2. The van der Waals surface area contributed by atoms with Crippen molar-refractivity contribution in [1.82, 2.24) is 4.90 Å². The molecule has 0 N–H and O–H groups in total. The molecule has 2 aliphatic rings. The van der Waals surface area contributed by atoms with Crippen LogP contribution in [0, 0.1) is 5.82 Å². The molecule has 0 saturated carbocycles. The molecule has 3 rings (SSSR count). The van der Waals surface area contributed by atoms with Gasteiger partial charge in [0.2, 0.25) is 11.8 Å². The third-order valence-corrected chi connectivity index (χ3v) is 4.54. The highest BCUT2D eigenvalue weighted by Crippen LogP contribution is 2.31. The standard InChI is InChI=1S/C14H14BrFN2O2/c15-10-4-3-9(16)8-12(10)18-7-5-13(19)17-6-1-2-11(17)14(18)20/h3-4,8,11H,1-2,5-7H2. The van der Waals surface area contributed by atoms with Crippen LogP contribution < -0.4 is 4.90 Å². The Kier molecular flexibility index (Phi) is 3.50. The predicted molar refractivity (Wildman–Crippen MR) is 75.8 cm³/mol. The van der Waals surface area contributed by atoms with E-state index in [-0.39, 0.29) is 24.3 Å². The molecule has 2 aliphatic heterocycles. The van der Waals surface area contributed by atoms with Crippen LogP contribution in [-0.2, 0) is 9.59 Å². The number of nitrogens with zero attached hydrogens (tertiary/aromatic N) is 2. The molecule has 4 nitrogen and oxygen atoms in total. The van der Waals surface area contributed by atoms with E-state index in [2.05, 4.69) is 15.9 Å². The average molecular weight is 341 g/mol. The summed E-state index contributed by atoms with van der Waals surface area (Å²) in [6.07, 6.45) is 1.82. The summed E-state index contributed by atoms with van der Waals surface area (Å²) in [6, 6.07) is 3.86. The minimum absolute atomic E-state index is 0.0101. The lowest BCUT2D eigenvalue weighted by molar-refractivity contribution is -0.135. The molecule has 1 aromatic carbocycles. The molecule has 6 heteroatoms. The van der Waals surface area contributed by atoms with Crippen LogP contribution in [0.4, 0.5) is 10.1 Å². The Balaban J connectivity index is 1.98. The largest absolute Gasteiger partial charge is 0.331 e. The quantitative estimate of drug-likeness (QED) is 0.787. The van der Waals surface area contributed by atoms with Gasteiger partial charge in [0.15, 0.2) is 0 Å². The van der Waals surface area contributed by atoms with E-state index in [1.54, 1.807) is 11.0 Å². The molecule has 2 fully saturated rings. The summed E-state index contributed by atoms with van der Waals surface area (Å²) in [5.74, 6) is -0.495. The minimum atomic E-state index is -0.394. The second kappa shape index (κ2) is 5.16. The van der Waals surface area contributed by atoms with Crippen molar-refractivity contribution in [3.05, 3.63) is 28.5 Å². The summed E-state index contributed by atoms with van der Waals surface area (Å²) in [5.41, 5.74) is 0.497. The van der Waals surface area contributed by atoms with Crippen LogP contribution in [-0.4, -0.2) is 35.8 Å². The van der Waals surface area contributed by atoms with E-state index < -0.39 is 5.82 Å². The van der Waals surface area contributed by atoms with Crippen LogP contribution in [0.1, 0.15) is 19.3 Å². The topological polar surface area (TPSA) is 40.6 Å². The van der Waals surface area contributed by atoms with Crippen LogP contribution in [0.2, 0.25) is 0 Å². The third-order valence-electron chi connectivity index (χ3n) is 3.87. The van der Waals surface area contributed by atoms with Gasteiger partial charge in [-0.05, 0) is 47.0 Å². The summed E-state index contributed by atoms with van der Waals surface area (Å²) in [5, 5.41) is 0. The maximum absolute atomic E-state index is 13.4. The second-order valence-electron chi connectivity index (χ2n) is 5.08. The number of rotatable bonds is 1. The maximum Gasteiger partial charge on any atom is 0.249 e. The van der Waals surface area contributed by atoms with E-state index in [0.29, 0.717) is 29.7 Å². The normalized spacial score (nSPS) is 23.0. The summed E-state index contributed by atoms with van der Waals surface area (Å²) < 4.78 is 14.1. The number of hydrogen-bond acceptors (Lipinski definition) is 2. The second-order valence-corrected chi connectivity index (χ2v) is 5.94. The molecular formula is C14H14BrFN2O2. The van der Waals surface area contributed by atoms with Gasteiger partial charge >= 0.3 is 0 Å².